The summed E-state index contributed by atoms with van der Waals surface area (Å²) >= 11 is 3.07. The van der Waals surface area contributed by atoms with Gasteiger partial charge < -0.3 is 4.74 Å². The van der Waals surface area contributed by atoms with Crippen LogP contribution in [0.15, 0.2) is 16.9 Å². The first-order valence-electron chi connectivity index (χ1n) is 4.28. The van der Waals surface area contributed by atoms with E-state index in [0.717, 1.165) is 0 Å². The highest BCUT2D eigenvalue weighted by atomic mass is 79.9. The van der Waals surface area contributed by atoms with Gasteiger partial charge >= 0.3 is 5.69 Å². The molecule has 1 heterocycles. The predicted molar refractivity (Wildman–Crippen MR) is 67.6 cm³/mol. The SMILES string of the molecule is BC(B)(B)Oc1cnc(Br)cc1[N+](=O)[O-]. The lowest BCUT2D eigenvalue weighted by Crippen LogP contribution is -2.37. The molecule has 5 nitrogen and oxygen atoms in total. The van der Waals surface area contributed by atoms with Crippen LogP contribution >= 0.6 is 15.9 Å². The molecule has 0 spiro atoms. The number of hydrogen-bond acceptors (Lipinski definition) is 4. The Balaban J connectivity index is 3.12. The Kier molecular flexibility index (Phi) is 3.44. The molecule has 15 heavy (non-hydrogen) atoms. The van der Waals surface area contributed by atoms with E-state index in [0.29, 0.717) is 4.60 Å². The van der Waals surface area contributed by atoms with E-state index < -0.39 is 10.2 Å². The quantitative estimate of drug-likeness (QED) is 0.294. The summed E-state index contributed by atoms with van der Waals surface area (Å²) in [5.41, 5.74) is -0.0909. The van der Waals surface area contributed by atoms with Gasteiger partial charge in [-0.15, -0.1) is 0 Å². The predicted octanol–water partition coefficient (Wildman–Crippen LogP) is -1.36. The van der Waals surface area contributed by atoms with Gasteiger partial charge in [0.05, 0.1) is 17.2 Å². The minimum atomic E-state index is -0.493. The van der Waals surface area contributed by atoms with Crippen LogP contribution in [-0.4, -0.2) is 38.7 Å². The summed E-state index contributed by atoms with van der Waals surface area (Å²) in [6.07, 6.45) is 1.34. The average molecular weight is 268 g/mol. The summed E-state index contributed by atoms with van der Waals surface area (Å²) < 4.78 is 5.84. The van der Waals surface area contributed by atoms with Gasteiger partial charge in [0.2, 0.25) is 5.75 Å². The number of hydrogen-bond donors (Lipinski definition) is 0. The van der Waals surface area contributed by atoms with Crippen LogP contribution in [0.3, 0.4) is 0 Å². The highest BCUT2D eigenvalue weighted by Crippen LogP contribution is 2.29. The number of pyridine rings is 1. The lowest BCUT2D eigenvalue weighted by Gasteiger charge is -2.21. The normalized spacial score (nSPS) is 11.0. The third-order valence-corrected chi connectivity index (χ3v) is 1.86. The zero-order valence-electron chi connectivity index (χ0n) is 8.65. The Morgan fingerprint density at radius 2 is 2.13 bits per heavy atom. The molecular formula is C6H8B3BrN2O3. The van der Waals surface area contributed by atoms with Crippen molar-refractivity contribution in [3.63, 3.8) is 0 Å². The standard InChI is InChI=1S/C6H8B3BrN2O3/c7-6(8,9)15-4-2-11-5(10)1-3(4)12(13)14/h1-2H,7-9H2. The summed E-state index contributed by atoms with van der Waals surface area (Å²) in [6.45, 7) is 0. The van der Waals surface area contributed by atoms with Crippen LogP contribution < -0.4 is 4.74 Å². The maximum Gasteiger partial charge on any atom is 0.315 e. The largest absolute Gasteiger partial charge is 0.507 e. The third kappa shape index (κ3) is 3.58. The zero-order chi connectivity index (χ0) is 11.6. The number of ether oxygens (including phenoxy) is 1. The number of halogens is 1. The van der Waals surface area contributed by atoms with Crippen molar-refractivity contribution in [2.75, 3.05) is 0 Å². The van der Waals surface area contributed by atoms with Crippen LogP contribution in [0.25, 0.3) is 0 Å². The maximum atomic E-state index is 10.7. The molecule has 76 valence electrons. The fraction of sp³-hybridized carbons (Fsp3) is 0.167. The summed E-state index contributed by atoms with van der Waals surface area (Å²) in [5.74, 6) is 0.177. The smallest absolute Gasteiger partial charge is 0.315 e. The minimum Gasteiger partial charge on any atom is -0.507 e. The van der Waals surface area contributed by atoms with Crippen molar-refractivity contribution in [2.45, 2.75) is 5.30 Å². The van der Waals surface area contributed by atoms with Crippen LogP contribution in [0.2, 0.25) is 0 Å². The molecule has 0 aromatic carbocycles. The highest BCUT2D eigenvalue weighted by molar-refractivity contribution is 9.10. The van der Waals surface area contributed by atoms with Crippen molar-refractivity contribution in [3.8, 4) is 5.75 Å². The first kappa shape index (κ1) is 12.1. The van der Waals surface area contributed by atoms with Gasteiger partial charge in [0.25, 0.3) is 0 Å². The van der Waals surface area contributed by atoms with E-state index in [1.807, 2.05) is 23.5 Å². The van der Waals surface area contributed by atoms with Gasteiger partial charge in [-0.1, -0.05) is 0 Å². The van der Waals surface area contributed by atoms with E-state index >= 15 is 0 Å². The van der Waals surface area contributed by atoms with Crippen molar-refractivity contribution < 1.29 is 9.66 Å². The van der Waals surface area contributed by atoms with Crippen LogP contribution in [0.5, 0.6) is 5.75 Å². The van der Waals surface area contributed by atoms with Crippen molar-refractivity contribution in [2.24, 2.45) is 0 Å². The minimum absolute atomic E-state index is 0.0909. The molecule has 0 aliphatic carbocycles. The van der Waals surface area contributed by atoms with Crippen LogP contribution in [-0.2, 0) is 0 Å². The number of nitrogens with zero attached hydrogens (tertiary/aromatic N) is 2. The second kappa shape index (κ2) is 4.26. The molecule has 0 atom stereocenters. The van der Waals surface area contributed by atoms with Gasteiger partial charge in [0, 0.05) is 5.30 Å². The van der Waals surface area contributed by atoms with E-state index in [-0.39, 0.29) is 11.4 Å². The van der Waals surface area contributed by atoms with Crippen molar-refractivity contribution in [3.05, 3.63) is 27.0 Å². The van der Waals surface area contributed by atoms with Gasteiger partial charge in [-0.3, -0.25) is 10.1 Å². The third-order valence-electron chi connectivity index (χ3n) is 1.43. The number of aromatic nitrogens is 1. The molecule has 0 amide bonds. The Labute approximate surface area is 98.1 Å². The molecule has 1 aromatic heterocycles. The molecule has 0 unspecified atom stereocenters. The summed E-state index contributed by atoms with van der Waals surface area (Å²) in [6, 6.07) is 1.32. The fourth-order valence-electron chi connectivity index (χ4n) is 0.959. The lowest BCUT2D eigenvalue weighted by atomic mass is 9.52. The Bertz CT molecular complexity index is 396. The van der Waals surface area contributed by atoms with E-state index in [4.69, 9.17) is 4.74 Å². The van der Waals surface area contributed by atoms with Gasteiger partial charge in [0.15, 0.2) is 0 Å². The zero-order valence-corrected chi connectivity index (χ0v) is 10.2. The van der Waals surface area contributed by atoms with Gasteiger partial charge in [-0.2, -0.15) is 0 Å². The summed E-state index contributed by atoms with van der Waals surface area (Å²) in [4.78, 5) is 14.1. The first-order chi connectivity index (χ1) is 6.79. The lowest BCUT2D eigenvalue weighted by molar-refractivity contribution is -0.386. The highest BCUT2D eigenvalue weighted by Gasteiger charge is 2.21. The monoisotopic (exact) mass is 268 g/mol. The number of nitro groups is 1. The van der Waals surface area contributed by atoms with E-state index in [2.05, 4.69) is 20.9 Å². The molecule has 0 fully saturated rings. The van der Waals surface area contributed by atoms with E-state index in [1.54, 1.807) is 0 Å². The molecule has 0 bridgehead atoms. The molecule has 1 rings (SSSR count). The molecule has 0 saturated heterocycles. The summed E-state index contributed by atoms with van der Waals surface area (Å²) in [7, 11) is 5.45. The molecular weight excluding hydrogens is 260 g/mol. The average Bonchev–Trinajstić information content (AvgIpc) is 2.05. The van der Waals surface area contributed by atoms with Crippen molar-refractivity contribution in [1.29, 1.82) is 0 Å². The van der Waals surface area contributed by atoms with Crippen molar-refractivity contribution in [1.82, 2.24) is 4.98 Å². The Hall–Kier alpha value is -0.975. The van der Waals surface area contributed by atoms with E-state index in [9.17, 15) is 10.1 Å². The van der Waals surface area contributed by atoms with Crippen LogP contribution in [0.4, 0.5) is 5.69 Å². The van der Waals surface area contributed by atoms with E-state index in [1.165, 1.54) is 12.3 Å². The molecule has 0 saturated carbocycles. The van der Waals surface area contributed by atoms with Gasteiger partial charge in [-0.05, 0) is 15.9 Å². The molecule has 0 aliphatic heterocycles. The molecule has 9 heteroatoms. The fourth-order valence-corrected chi connectivity index (χ4v) is 1.28. The molecule has 0 radical (unpaired) electrons. The van der Waals surface area contributed by atoms with Gasteiger partial charge in [-0.25, -0.2) is 4.98 Å². The van der Waals surface area contributed by atoms with Crippen LogP contribution in [0, 0.1) is 10.1 Å². The Morgan fingerprint density at radius 3 is 2.60 bits per heavy atom. The van der Waals surface area contributed by atoms with Crippen molar-refractivity contribution >= 4 is 45.2 Å². The van der Waals surface area contributed by atoms with Crippen LogP contribution in [0.1, 0.15) is 0 Å². The summed E-state index contributed by atoms with van der Waals surface area (Å²) in [5, 5.41) is 10.3. The maximum absolute atomic E-state index is 10.7. The second-order valence-electron chi connectivity index (χ2n) is 3.95. The topological polar surface area (TPSA) is 65.3 Å². The van der Waals surface area contributed by atoms with Gasteiger partial charge in [0.1, 0.15) is 28.1 Å². The first-order valence-corrected chi connectivity index (χ1v) is 5.08. The molecule has 0 N–H and O–H groups in total. The number of rotatable bonds is 3. The Morgan fingerprint density at radius 1 is 1.53 bits per heavy atom. The molecule has 1 aromatic rings. The second-order valence-corrected chi connectivity index (χ2v) is 4.76. The molecule has 0 aliphatic rings.